The molecule has 0 atom stereocenters. The van der Waals surface area contributed by atoms with Gasteiger partial charge in [-0.15, -0.1) is 0 Å². The molecule has 2 rings (SSSR count). The monoisotopic (exact) mass is 275 g/mol. The van der Waals surface area contributed by atoms with Gasteiger partial charge in [-0.25, -0.2) is 4.98 Å². The fourth-order valence-corrected chi connectivity index (χ4v) is 1.58. The molecule has 19 heavy (non-hydrogen) atoms. The number of aromatic nitrogens is 1. The molecule has 0 aliphatic heterocycles. The summed E-state index contributed by atoms with van der Waals surface area (Å²) in [5.41, 5.74) is 4.36. The molecule has 1 aromatic rings. The zero-order chi connectivity index (χ0) is 14.0. The van der Waals surface area contributed by atoms with Crippen LogP contribution in [0.15, 0.2) is 17.3 Å². The summed E-state index contributed by atoms with van der Waals surface area (Å²) in [6.07, 6.45) is -2.26. The number of ether oxygens (including phenoxy) is 1. The molecule has 1 saturated carbocycles. The SMILES string of the molecule is NC(=NO)c1ccc(C(F)(F)F)nc1OC1CCC1. The molecule has 0 bridgehead atoms. The molecule has 1 aliphatic rings. The molecule has 0 spiro atoms. The Labute approximate surface area is 106 Å². The quantitative estimate of drug-likeness (QED) is 0.383. The first-order valence-corrected chi connectivity index (χ1v) is 5.64. The molecule has 5 nitrogen and oxygen atoms in total. The fourth-order valence-electron chi connectivity index (χ4n) is 1.58. The molecule has 1 heterocycles. The standard InChI is InChI=1S/C11H12F3N3O2/c12-11(13,14)8-5-4-7(9(15)17-18)10(16-8)19-6-2-1-3-6/h4-6,18H,1-3H2,(H2,15,17). The van der Waals surface area contributed by atoms with Gasteiger partial charge in [0.1, 0.15) is 11.8 Å². The van der Waals surface area contributed by atoms with E-state index in [0.29, 0.717) is 0 Å². The summed E-state index contributed by atoms with van der Waals surface area (Å²) < 4.78 is 43.1. The minimum absolute atomic E-state index is 0.0439. The maximum Gasteiger partial charge on any atom is 0.433 e. The summed E-state index contributed by atoms with van der Waals surface area (Å²) in [6.45, 7) is 0. The molecule has 104 valence electrons. The normalized spacial score (nSPS) is 17.1. The van der Waals surface area contributed by atoms with E-state index in [-0.39, 0.29) is 23.4 Å². The van der Waals surface area contributed by atoms with Crippen LogP contribution in [0.1, 0.15) is 30.5 Å². The third-order valence-corrected chi connectivity index (χ3v) is 2.86. The second-order valence-electron chi connectivity index (χ2n) is 4.20. The Bertz CT molecular complexity index is 498. The van der Waals surface area contributed by atoms with Crippen LogP contribution < -0.4 is 10.5 Å². The number of hydrogen-bond acceptors (Lipinski definition) is 4. The number of oxime groups is 1. The first-order chi connectivity index (χ1) is 8.91. The zero-order valence-corrected chi connectivity index (χ0v) is 9.81. The van der Waals surface area contributed by atoms with E-state index in [4.69, 9.17) is 15.7 Å². The number of amidine groups is 1. The number of nitrogens with zero attached hydrogens (tertiary/aromatic N) is 2. The Morgan fingerprint density at radius 3 is 2.58 bits per heavy atom. The van der Waals surface area contributed by atoms with Crippen LogP contribution in [0, 0.1) is 0 Å². The molecule has 1 fully saturated rings. The Balaban J connectivity index is 2.37. The van der Waals surface area contributed by atoms with E-state index in [2.05, 4.69) is 10.1 Å². The number of nitrogens with two attached hydrogens (primary N) is 1. The first-order valence-electron chi connectivity index (χ1n) is 5.64. The van der Waals surface area contributed by atoms with E-state index in [1.807, 2.05) is 0 Å². The summed E-state index contributed by atoms with van der Waals surface area (Å²) >= 11 is 0. The minimum Gasteiger partial charge on any atom is -0.474 e. The van der Waals surface area contributed by atoms with Crippen LogP contribution in [-0.4, -0.2) is 22.1 Å². The number of hydrogen-bond donors (Lipinski definition) is 2. The molecular weight excluding hydrogens is 263 g/mol. The highest BCUT2D eigenvalue weighted by Gasteiger charge is 2.34. The summed E-state index contributed by atoms with van der Waals surface area (Å²) in [6, 6.07) is 1.85. The van der Waals surface area contributed by atoms with Crippen molar-refractivity contribution in [1.29, 1.82) is 0 Å². The van der Waals surface area contributed by atoms with Gasteiger partial charge in [0.2, 0.25) is 5.88 Å². The summed E-state index contributed by atoms with van der Waals surface area (Å²) in [4.78, 5) is 3.42. The molecule has 0 amide bonds. The van der Waals surface area contributed by atoms with E-state index < -0.39 is 11.9 Å². The average Bonchev–Trinajstić information content (AvgIpc) is 2.31. The predicted molar refractivity (Wildman–Crippen MR) is 60.0 cm³/mol. The van der Waals surface area contributed by atoms with E-state index in [0.717, 1.165) is 31.4 Å². The second-order valence-corrected chi connectivity index (χ2v) is 4.20. The average molecular weight is 275 g/mol. The van der Waals surface area contributed by atoms with Crippen molar-refractivity contribution in [2.24, 2.45) is 10.9 Å². The molecule has 0 radical (unpaired) electrons. The van der Waals surface area contributed by atoms with Crippen LogP contribution in [0.2, 0.25) is 0 Å². The molecule has 1 aromatic heterocycles. The summed E-state index contributed by atoms with van der Waals surface area (Å²) in [5.74, 6) is -0.592. The van der Waals surface area contributed by atoms with Crippen molar-refractivity contribution in [3.8, 4) is 5.88 Å². The number of rotatable bonds is 3. The van der Waals surface area contributed by atoms with Gasteiger partial charge >= 0.3 is 6.18 Å². The van der Waals surface area contributed by atoms with Crippen molar-refractivity contribution >= 4 is 5.84 Å². The Morgan fingerprint density at radius 2 is 2.11 bits per heavy atom. The van der Waals surface area contributed by atoms with Crippen LogP contribution in [0.25, 0.3) is 0 Å². The fraction of sp³-hybridized carbons (Fsp3) is 0.455. The van der Waals surface area contributed by atoms with Crippen molar-refractivity contribution in [3.05, 3.63) is 23.4 Å². The molecule has 0 aromatic carbocycles. The lowest BCUT2D eigenvalue weighted by Gasteiger charge is -2.26. The zero-order valence-electron chi connectivity index (χ0n) is 9.81. The van der Waals surface area contributed by atoms with Crippen LogP contribution in [0.4, 0.5) is 13.2 Å². The number of halogens is 3. The van der Waals surface area contributed by atoms with Gasteiger partial charge < -0.3 is 15.7 Å². The molecule has 1 aliphatic carbocycles. The van der Waals surface area contributed by atoms with Crippen LogP contribution in [0.5, 0.6) is 5.88 Å². The van der Waals surface area contributed by atoms with Crippen molar-refractivity contribution < 1.29 is 23.1 Å². The van der Waals surface area contributed by atoms with Crippen molar-refractivity contribution in [1.82, 2.24) is 4.98 Å². The van der Waals surface area contributed by atoms with Crippen molar-refractivity contribution in [2.75, 3.05) is 0 Å². The van der Waals surface area contributed by atoms with Gasteiger partial charge in [0.15, 0.2) is 5.84 Å². The third-order valence-electron chi connectivity index (χ3n) is 2.86. The summed E-state index contributed by atoms with van der Waals surface area (Å²) in [5, 5.41) is 11.4. The van der Waals surface area contributed by atoms with Gasteiger partial charge in [-0.1, -0.05) is 5.16 Å². The van der Waals surface area contributed by atoms with Crippen LogP contribution >= 0.6 is 0 Å². The smallest absolute Gasteiger partial charge is 0.433 e. The lowest BCUT2D eigenvalue weighted by molar-refractivity contribution is -0.141. The van der Waals surface area contributed by atoms with E-state index in [1.54, 1.807) is 0 Å². The van der Waals surface area contributed by atoms with E-state index >= 15 is 0 Å². The van der Waals surface area contributed by atoms with Crippen molar-refractivity contribution in [3.63, 3.8) is 0 Å². The van der Waals surface area contributed by atoms with Crippen molar-refractivity contribution in [2.45, 2.75) is 31.5 Å². The summed E-state index contributed by atoms with van der Waals surface area (Å²) in [7, 11) is 0. The Morgan fingerprint density at radius 1 is 1.42 bits per heavy atom. The van der Waals surface area contributed by atoms with E-state index in [1.165, 1.54) is 0 Å². The van der Waals surface area contributed by atoms with Crippen LogP contribution in [0.3, 0.4) is 0 Å². The second kappa shape index (κ2) is 4.94. The number of pyridine rings is 1. The van der Waals surface area contributed by atoms with E-state index in [9.17, 15) is 13.2 Å². The number of alkyl halides is 3. The highest BCUT2D eigenvalue weighted by Crippen LogP contribution is 2.32. The highest BCUT2D eigenvalue weighted by molar-refractivity contribution is 5.99. The van der Waals surface area contributed by atoms with Crippen LogP contribution in [-0.2, 0) is 6.18 Å². The Kier molecular flexibility index (Phi) is 3.50. The van der Waals surface area contributed by atoms with Gasteiger partial charge in [-0.2, -0.15) is 13.2 Å². The predicted octanol–water partition coefficient (Wildman–Crippen LogP) is 2.13. The minimum atomic E-state index is -4.57. The largest absolute Gasteiger partial charge is 0.474 e. The lowest BCUT2D eigenvalue weighted by atomic mass is 9.96. The molecule has 0 saturated heterocycles. The van der Waals surface area contributed by atoms with Gasteiger partial charge in [-0.3, -0.25) is 0 Å². The maximum absolute atomic E-state index is 12.6. The molecule has 0 unspecified atom stereocenters. The first kappa shape index (κ1) is 13.4. The van der Waals surface area contributed by atoms with Gasteiger partial charge in [0.25, 0.3) is 0 Å². The maximum atomic E-state index is 12.6. The van der Waals surface area contributed by atoms with Gasteiger partial charge in [0.05, 0.1) is 5.56 Å². The molecule has 3 N–H and O–H groups in total. The molecule has 8 heteroatoms. The van der Waals surface area contributed by atoms with Gasteiger partial charge in [0, 0.05) is 0 Å². The molecular formula is C11H12F3N3O2. The topological polar surface area (TPSA) is 80.7 Å². The highest BCUT2D eigenvalue weighted by atomic mass is 19.4. The third kappa shape index (κ3) is 2.88. The Hall–Kier alpha value is -1.99. The lowest BCUT2D eigenvalue weighted by Crippen LogP contribution is -2.27. The van der Waals surface area contributed by atoms with Gasteiger partial charge in [-0.05, 0) is 31.4 Å².